The molecule has 11 heteroatoms. The van der Waals surface area contributed by atoms with Gasteiger partial charge in [-0.2, -0.15) is 0 Å². The monoisotopic (exact) mass is 993 g/mol. The van der Waals surface area contributed by atoms with Crippen molar-refractivity contribution in [3.63, 3.8) is 0 Å². The van der Waals surface area contributed by atoms with E-state index in [9.17, 15) is 0 Å². The van der Waals surface area contributed by atoms with E-state index in [0.29, 0.717) is 11.9 Å². The summed E-state index contributed by atoms with van der Waals surface area (Å²) in [6.45, 7) is 5.58. The summed E-state index contributed by atoms with van der Waals surface area (Å²) >= 11 is 4.86. The average Bonchev–Trinajstić information content (AvgIpc) is 3.71. The van der Waals surface area contributed by atoms with Gasteiger partial charge in [-0.05, 0) is 49.2 Å². The van der Waals surface area contributed by atoms with E-state index >= 15 is 0 Å². The maximum absolute atomic E-state index is 4.25. The van der Waals surface area contributed by atoms with Gasteiger partial charge < -0.3 is 9.13 Å². The van der Waals surface area contributed by atoms with E-state index in [1.165, 1.54) is 22.3 Å². The first-order valence-corrected chi connectivity index (χ1v) is 29.4. The molecule has 6 aromatic rings. The van der Waals surface area contributed by atoms with Crippen LogP contribution in [0.5, 0.6) is 0 Å². The zero-order valence-electron chi connectivity index (χ0n) is 24.8. The van der Waals surface area contributed by atoms with Crippen LogP contribution in [0.15, 0.2) is 154 Å². The molecular formula is C34H32I2N8Re. The Bertz CT molecular complexity index is 1620. The number of benzene rings is 4. The number of aryl methyl sites for hydroxylation is 2. The molecule has 229 valence electrons. The van der Waals surface area contributed by atoms with Crippen molar-refractivity contribution >= 4 is 62.3 Å². The van der Waals surface area contributed by atoms with Crippen LogP contribution in [0, 0.1) is 13.8 Å². The molecule has 0 saturated carbocycles. The molecule has 0 aliphatic carbocycles. The normalized spacial score (nSPS) is 10.8. The Hall–Kier alpha value is -3.38. The Morgan fingerprint density at radius 1 is 0.533 bits per heavy atom. The summed E-state index contributed by atoms with van der Waals surface area (Å²) in [5.41, 5.74) is 6.49. The van der Waals surface area contributed by atoms with Gasteiger partial charge in [-0.15, -0.1) is 20.5 Å². The molecule has 2 heterocycles. The van der Waals surface area contributed by atoms with E-state index in [-0.39, 0.29) is 10.8 Å². The Balaban J connectivity index is 0.000000189. The van der Waals surface area contributed by atoms with Crippen LogP contribution in [0.1, 0.15) is 22.3 Å². The zero-order valence-corrected chi connectivity index (χ0v) is 31.9. The summed E-state index contributed by atoms with van der Waals surface area (Å²) in [5.74, 6) is 1.22. The predicted octanol–water partition coefficient (Wildman–Crippen LogP) is 11.1. The number of imidazole rings is 2. The van der Waals surface area contributed by atoms with Crippen LogP contribution in [0.2, 0.25) is 0 Å². The first-order chi connectivity index (χ1) is 22.0. The quantitative estimate of drug-likeness (QED) is 0.112. The van der Waals surface area contributed by atoms with Crippen LogP contribution in [0.4, 0.5) is 23.3 Å². The molecule has 8 nitrogen and oxygen atoms in total. The van der Waals surface area contributed by atoms with Crippen LogP contribution >= 0.6 is 39.0 Å². The number of rotatable bonds is 8. The minimum absolute atomic E-state index is 0.273. The molecule has 0 amide bonds. The minimum atomic E-state index is 0.273. The standard InChI is InChI=1S/2C17H16N4.2HI.Re/c2*1-14-7-9-16(10-8-14)19-20-17-18-11-12-21(17)13-15-5-3-2-4-6-15;;;/h2*2-12H,13H2,1H3;2*1H;/q;;;;+2/p-2. The van der Waals surface area contributed by atoms with Gasteiger partial charge in [0.1, 0.15) is 0 Å². The molecule has 0 aliphatic heterocycles. The summed E-state index contributed by atoms with van der Waals surface area (Å²) in [5, 5.41) is 16.9. The van der Waals surface area contributed by atoms with Gasteiger partial charge in [-0.25, -0.2) is 9.97 Å². The fraction of sp³-hybridized carbons (Fsp3) is 0.118. The summed E-state index contributed by atoms with van der Waals surface area (Å²) in [6.07, 6.45) is 7.31. The second-order valence-corrected chi connectivity index (χ2v) is 29.6. The first-order valence-electron chi connectivity index (χ1n) is 14.0. The van der Waals surface area contributed by atoms with E-state index in [0.717, 1.165) is 24.5 Å². The van der Waals surface area contributed by atoms with Crippen molar-refractivity contribution in [1.82, 2.24) is 19.1 Å². The molecule has 0 radical (unpaired) electrons. The summed E-state index contributed by atoms with van der Waals surface area (Å²) in [7, 11) is 0.273. The van der Waals surface area contributed by atoms with Crippen molar-refractivity contribution in [2.24, 2.45) is 20.5 Å². The van der Waals surface area contributed by atoms with Crippen molar-refractivity contribution in [3.8, 4) is 0 Å². The van der Waals surface area contributed by atoms with Crippen molar-refractivity contribution in [1.29, 1.82) is 0 Å². The van der Waals surface area contributed by atoms with Gasteiger partial charge in [0.05, 0.1) is 24.5 Å². The number of aromatic nitrogens is 4. The van der Waals surface area contributed by atoms with Crippen molar-refractivity contribution < 1.29 is 10.8 Å². The molecule has 6 rings (SSSR count). The van der Waals surface area contributed by atoms with Crippen LogP contribution < -0.4 is 0 Å². The average molecular weight is 993 g/mol. The SMILES string of the molecule is Cc1ccc(N=Nc2nccn2Cc2ccccc2)cc1.Cc1ccc(N=Nc2nccn2Cc2ccccc2)cc1.[I][Re][I]. The molecule has 45 heavy (non-hydrogen) atoms. The van der Waals surface area contributed by atoms with Crippen molar-refractivity contribution in [2.45, 2.75) is 26.9 Å². The van der Waals surface area contributed by atoms with Gasteiger partial charge in [0.25, 0.3) is 0 Å². The Labute approximate surface area is 293 Å². The fourth-order valence-corrected chi connectivity index (χ4v) is 4.04. The molecule has 0 bridgehead atoms. The molecule has 0 unspecified atom stereocenters. The number of halogens is 2. The molecule has 0 atom stereocenters. The van der Waals surface area contributed by atoms with Gasteiger partial charge in [0.2, 0.25) is 11.9 Å². The van der Waals surface area contributed by atoms with Gasteiger partial charge in [0.15, 0.2) is 0 Å². The number of hydrogen-bond donors (Lipinski definition) is 0. The summed E-state index contributed by atoms with van der Waals surface area (Å²) in [4.78, 5) is 8.50. The van der Waals surface area contributed by atoms with Crippen LogP contribution in [-0.4, -0.2) is 19.1 Å². The molecule has 0 spiro atoms. The van der Waals surface area contributed by atoms with Crippen LogP contribution in [0.3, 0.4) is 0 Å². The van der Waals surface area contributed by atoms with E-state index in [2.05, 4.69) is 93.7 Å². The number of azo groups is 2. The van der Waals surface area contributed by atoms with Crippen LogP contribution in [0.25, 0.3) is 0 Å². The Kier molecular flexibility index (Phi) is 14.7. The maximum atomic E-state index is 4.25. The molecule has 0 aliphatic rings. The summed E-state index contributed by atoms with van der Waals surface area (Å²) in [6, 6.07) is 36.3. The molecule has 0 saturated heterocycles. The third-order valence-corrected chi connectivity index (χ3v) is 6.36. The van der Waals surface area contributed by atoms with E-state index in [4.69, 9.17) is 0 Å². The number of nitrogens with zero attached hydrogens (tertiary/aromatic N) is 8. The third-order valence-electron chi connectivity index (χ3n) is 6.36. The van der Waals surface area contributed by atoms with Gasteiger partial charge >= 0.3 is 49.8 Å². The summed E-state index contributed by atoms with van der Waals surface area (Å²) < 4.78 is 3.96. The second kappa shape index (κ2) is 19.2. The van der Waals surface area contributed by atoms with E-state index in [1.54, 1.807) is 12.4 Å². The molecular weight excluding hydrogens is 960 g/mol. The van der Waals surface area contributed by atoms with Gasteiger partial charge in [-0.1, -0.05) is 96.1 Å². The van der Waals surface area contributed by atoms with Gasteiger partial charge in [0, 0.05) is 24.8 Å². The Morgan fingerprint density at radius 3 is 1.24 bits per heavy atom. The van der Waals surface area contributed by atoms with E-state index < -0.39 is 0 Å². The third kappa shape index (κ3) is 12.1. The molecule has 4 aromatic carbocycles. The molecule has 2 aromatic heterocycles. The molecule has 0 fully saturated rings. The second-order valence-electron chi connectivity index (χ2n) is 9.81. The van der Waals surface area contributed by atoms with Crippen LogP contribution in [-0.2, 0) is 23.8 Å². The predicted molar refractivity (Wildman–Crippen MR) is 194 cm³/mol. The van der Waals surface area contributed by atoms with Gasteiger partial charge in [-0.3, -0.25) is 0 Å². The zero-order chi connectivity index (χ0) is 31.7. The Morgan fingerprint density at radius 2 is 0.889 bits per heavy atom. The van der Waals surface area contributed by atoms with E-state index in [1.807, 2.05) is 120 Å². The number of hydrogen-bond acceptors (Lipinski definition) is 6. The molecule has 0 N–H and O–H groups in total. The first kappa shape index (κ1) is 34.5. The van der Waals surface area contributed by atoms with Crippen molar-refractivity contribution in [2.75, 3.05) is 0 Å². The van der Waals surface area contributed by atoms with Crippen molar-refractivity contribution in [3.05, 3.63) is 156 Å². The fourth-order valence-electron chi connectivity index (χ4n) is 4.04. The topological polar surface area (TPSA) is 85.1 Å².